The number of aromatic nitrogens is 1. The predicted octanol–water partition coefficient (Wildman–Crippen LogP) is 4.36. The SMILES string of the molecule is CCN(CC)CCN(C(=O)COc1ccccc1)c1nc2c(C)cccc2s1. The van der Waals surface area contributed by atoms with Crippen molar-refractivity contribution in [2.24, 2.45) is 0 Å². The first-order valence-corrected chi connectivity index (χ1v) is 10.5. The van der Waals surface area contributed by atoms with Crippen LogP contribution in [0.1, 0.15) is 19.4 Å². The van der Waals surface area contributed by atoms with Gasteiger partial charge in [0.1, 0.15) is 5.75 Å². The molecule has 3 aromatic rings. The largest absolute Gasteiger partial charge is 0.484 e. The first-order chi connectivity index (χ1) is 13.6. The number of nitrogens with zero attached hydrogens (tertiary/aromatic N) is 3. The minimum atomic E-state index is -0.0762. The Bertz CT molecular complexity index is 907. The van der Waals surface area contributed by atoms with E-state index in [0.29, 0.717) is 12.3 Å². The molecule has 0 aliphatic heterocycles. The molecule has 0 N–H and O–H groups in total. The molecule has 2 aromatic carbocycles. The Labute approximate surface area is 170 Å². The zero-order valence-electron chi connectivity index (χ0n) is 16.7. The van der Waals surface area contributed by atoms with E-state index in [1.807, 2.05) is 49.4 Å². The van der Waals surface area contributed by atoms with E-state index >= 15 is 0 Å². The summed E-state index contributed by atoms with van der Waals surface area (Å²) in [6.45, 7) is 9.63. The van der Waals surface area contributed by atoms with Crippen LogP contribution >= 0.6 is 11.3 Å². The summed E-state index contributed by atoms with van der Waals surface area (Å²) in [5.41, 5.74) is 2.09. The fourth-order valence-electron chi connectivity index (χ4n) is 3.04. The molecule has 5 nitrogen and oxygen atoms in total. The Morgan fingerprint density at radius 1 is 1.04 bits per heavy atom. The molecule has 0 bridgehead atoms. The molecule has 148 valence electrons. The number of ether oxygens (including phenoxy) is 1. The third kappa shape index (κ3) is 4.88. The van der Waals surface area contributed by atoms with Crippen LogP contribution in [0, 0.1) is 6.92 Å². The minimum Gasteiger partial charge on any atom is -0.484 e. The van der Waals surface area contributed by atoms with Crippen molar-refractivity contribution in [3.8, 4) is 5.75 Å². The van der Waals surface area contributed by atoms with Crippen LogP contribution in [0.4, 0.5) is 5.13 Å². The van der Waals surface area contributed by atoms with Gasteiger partial charge in [0.15, 0.2) is 11.7 Å². The first-order valence-electron chi connectivity index (χ1n) is 9.69. The monoisotopic (exact) mass is 397 g/mol. The van der Waals surface area contributed by atoms with Crippen molar-refractivity contribution in [3.63, 3.8) is 0 Å². The second-order valence-corrected chi connectivity index (χ2v) is 7.60. The van der Waals surface area contributed by atoms with Crippen LogP contribution in [0.3, 0.4) is 0 Å². The number of rotatable bonds is 9. The van der Waals surface area contributed by atoms with E-state index in [1.165, 1.54) is 0 Å². The van der Waals surface area contributed by atoms with Gasteiger partial charge in [-0.1, -0.05) is 55.5 Å². The third-order valence-electron chi connectivity index (χ3n) is 4.78. The number of para-hydroxylation sites is 2. The van der Waals surface area contributed by atoms with Crippen LogP contribution in [-0.2, 0) is 4.79 Å². The summed E-state index contributed by atoms with van der Waals surface area (Å²) in [6, 6.07) is 15.6. The molecule has 0 fully saturated rings. The van der Waals surface area contributed by atoms with E-state index in [0.717, 1.165) is 40.5 Å². The van der Waals surface area contributed by atoms with Gasteiger partial charge in [-0.05, 0) is 43.8 Å². The van der Waals surface area contributed by atoms with Gasteiger partial charge in [0, 0.05) is 13.1 Å². The first kappa shape index (κ1) is 20.3. The zero-order chi connectivity index (χ0) is 19.9. The lowest BCUT2D eigenvalue weighted by atomic mass is 10.2. The van der Waals surface area contributed by atoms with Crippen molar-refractivity contribution in [3.05, 3.63) is 54.1 Å². The summed E-state index contributed by atoms with van der Waals surface area (Å²) in [4.78, 5) is 21.9. The Kier molecular flexibility index (Phi) is 7.01. The average Bonchev–Trinajstić information content (AvgIpc) is 3.15. The van der Waals surface area contributed by atoms with Crippen molar-refractivity contribution in [1.29, 1.82) is 0 Å². The molecule has 1 aromatic heterocycles. The molecule has 0 saturated heterocycles. The van der Waals surface area contributed by atoms with Crippen LogP contribution in [0.5, 0.6) is 5.75 Å². The number of carbonyl (C=O) groups is 1. The number of thiazole rings is 1. The third-order valence-corrected chi connectivity index (χ3v) is 5.82. The second-order valence-electron chi connectivity index (χ2n) is 6.59. The molecule has 0 radical (unpaired) electrons. The van der Waals surface area contributed by atoms with Crippen molar-refractivity contribution in [1.82, 2.24) is 9.88 Å². The minimum absolute atomic E-state index is 0.00281. The standard InChI is InChI=1S/C22H27N3O2S/c1-4-24(5-2)14-15-25(20(26)16-27-18-11-7-6-8-12-18)22-23-21-17(3)10-9-13-19(21)28-22/h6-13H,4-5,14-16H2,1-3H3. The number of benzene rings is 2. The van der Waals surface area contributed by atoms with Gasteiger partial charge in [0.25, 0.3) is 5.91 Å². The van der Waals surface area contributed by atoms with Gasteiger partial charge in [-0.15, -0.1) is 0 Å². The molecule has 0 atom stereocenters. The van der Waals surface area contributed by atoms with E-state index < -0.39 is 0 Å². The topological polar surface area (TPSA) is 45.7 Å². The molecule has 3 rings (SSSR count). The zero-order valence-corrected chi connectivity index (χ0v) is 17.5. The Hall–Kier alpha value is -2.44. The van der Waals surface area contributed by atoms with Crippen LogP contribution in [0.25, 0.3) is 10.2 Å². The molecular weight excluding hydrogens is 370 g/mol. The Morgan fingerprint density at radius 3 is 2.46 bits per heavy atom. The van der Waals surface area contributed by atoms with Crippen LogP contribution < -0.4 is 9.64 Å². The van der Waals surface area contributed by atoms with E-state index in [-0.39, 0.29) is 12.5 Å². The fraction of sp³-hybridized carbons (Fsp3) is 0.364. The molecule has 1 amide bonds. The highest BCUT2D eigenvalue weighted by molar-refractivity contribution is 7.22. The predicted molar refractivity (Wildman–Crippen MR) is 116 cm³/mol. The highest BCUT2D eigenvalue weighted by Crippen LogP contribution is 2.30. The quantitative estimate of drug-likeness (QED) is 0.538. The van der Waals surface area contributed by atoms with Crippen molar-refractivity contribution >= 4 is 32.6 Å². The van der Waals surface area contributed by atoms with Gasteiger partial charge in [0.2, 0.25) is 0 Å². The van der Waals surface area contributed by atoms with E-state index in [9.17, 15) is 4.79 Å². The summed E-state index contributed by atoms with van der Waals surface area (Å²) in [6.07, 6.45) is 0. The van der Waals surface area contributed by atoms with Gasteiger partial charge in [0.05, 0.1) is 10.2 Å². The Morgan fingerprint density at radius 2 is 1.79 bits per heavy atom. The number of hydrogen-bond donors (Lipinski definition) is 0. The van der Waals surface area contributed by atoms with E-state index in [4.69, 9.17) is 9.72 Å². The van der Waals surface area contributed by atoms with Gasteiger partial charge in [-0.25, -0.2) is 4.98 Å². The lowest BCUT2D eigenvalue weighted by Gasteiger charge is -2.24. The van der Waals surface area contributed by atoms with Gasteiger partial charge in [-0.3, -0.25) is 9.69 Å². The number of likely N-dealkylation sites (N-methyl/N-ethyl adjacent to an activating group) is 1. The molecule has 0 aliphatic rings. The molecule has 6 heteroatoms. The van der Waals surface area contributed by atoms with Crippen LogP contribution in [0.15, 0.2) is 48.5 Å². The van der Waals surface area contributed by atoms with Crippen molar-refractivity contribution in [2.45, 2.75) is 20.8 Å². The normalized spacial score (nSPS) is 11.1. The highest BCUT2D eigenvalue weighted by atomic mass is 32.1. The number of carbonyl (C=O) groups excluding carboxylic acids is 1. The molecule has 0 unspecified atom stereocenters. The fourth-order valence-corrected chi connectivity index (χ4v) is 4.12. The lowest BCUT2D eigenvalue weighted by Crippen LogP contribution is -2.41. The summed E-state index contributed by atoms with van der Waals surface area (Å²) in [5, 5.41) is 0.734. The molecule has 0 spiro atoms. The number of amides is 1. The average molecular weight is 398 g/mol. The number of aryl methyl sites for hydroxylation is 1. The number of fused-ring (bicyclic) bond motifs is 1. The number of anilines is 1. The maximum Gasteiger partial charge on any atom is 0.266 e. The van der Waals surface area contributed by atoms with E-state index in [2.05, 4.69) is 24.8 Å². The molecule has 0 aliphatic carbocycles. The summed E-state index contributed by atoms with van der Waals surface area (Å²) >= 11 is 1.56. The molecule has 28 heavy (non-hydrogen) atoms. The second kappa shape index (κ2) is 9.66. The maximum absolute atomic E-state index is 13.0. The molecule has 1 heterocycles. The van der Waals surface area contributed by atoms with Crippen molar-refractivity contribution < 1.29 is 9.53 Å². The number of hydrogen-bond acceptors (Lipinski definition) is 5. The molecule has 0 saturated carbocycles. The van der Waals surface area contributed by atoms with Crippen LogP contribution in [0.2, 0.25) is 0 Å². The summed E-state index contributed by atoms with van der Waals surface area (Å²) in [5.74, 6) is 0.618. The van der Waals surface area contributed by atoms with Crippen LogP contribution in [-0.4, -0.2) is 48.6 Å². The van der Waals surface area contributed by atoms with Gasteiger partial charge < -0.3 is 9.64 Å². The van der Waals surface area contributed by atoms with Gasteiger partial charge >= 0.3 is 0 Å². The van der Waals surface area contributed by atoms with E-state index in [1.54, 1.807) is 16.2 Å². The highest BCUT2D eigenvalue weighted by Gasteiger charge is 2.21. The van der Waals surface area contributed by atoms with Crippen molar-refractivity contribution in [2.75, 3.05) is 37.7 Å². The summed E-state index contributed by atoms with van der Waals surface area (Å²) < 4.78 is 6.80. The smallest absolute Gasteiger partial charge is 0.266 e. The summed E-state index contributed by atoms with van der Waals surface area (Å²) in [7, 11) is 0. The van der Waals surface area contributed by atoms with Gasteiger partial charge in [-0.2, -0.15) is 0 Å². The lowest BCUT2D eigenvalue weighted by molar-refractivity contribution is -0.120. The Balaban J connectivity index is 1.80. The maximum atomic E-state index is 13.0. The molecular formula is C22H27N3O2S.